The molecule has 0 saturated heterocycles. The lowest BCUT2D eigenvalue weighted by molar-refractivity contribution is -0.274. The predicted molar refractivity (Wildman–Crippen MR) is 39.0 cm³/mol. The highest BCUT2D eigenvalue weighted by atomic mass is 19.4. The number of halogens is 4. The van der Waals surface area contributed by atoms with Crippen LogP contribution in [0.2, 0.25) is 0 Å². The molecular formula is C8H6F4O2. The van der Waals surface area contributed by atoms with Crippen molar-refractivity contribution in [2.45, 2.75) is 13.0 Å². The first kappa shape index (κ1) is 10.8. The van der Waals surface area contributed by atoms with Crippen LogP contribution in [0.3, 0.4) is 0 Å². The second kappa shape index (κ2) is 3.83. The molecule has 0 aliphatic rings. The monoisotopic (exact) mass is 210 g/mol. The van der Waals surface area contributed by atoms with Crippen LogP contribution in [0.25, 0.3) is 0 Å². The second-order valence-electron chi connectivity index (χ2n) is 2.46. The van der Waals surface area contributed by atoms with Gasteiger partial charge in [0.15, 0.2) is 0 Å². The van der Waals surface area contributed by atoms with Gasteiger partial charge in [-0.3, -0.25) is 0 Å². The van der Waals surface area contributed by atoms with Gasteiger partial charge in [0.2, 0.25) is 0 Å². The molecule has 0 bridgehead atoms. The van der Waals surface area contributed by atoms with Gasteiger partial charge in [-0.05, 0) is 18.2 Å². The Hall–Kier alpha value is -1.30. The molecule has 0 aliphatic carbocycles. The third-order valence-electron chi connectivity index (χ3n) is 1.42. The highest BCUT2D eigenvalue weighted by Gasteiger charge is 2.31. The van der Waals surface area contributed by atoms with Crippen LogP contribution in [0, 0.1) is 5.82 Å². The highest BCUT2D eigenvalue weighted by molar-refractivity contribution is 5.29. The Labute approximate surface area is 76.7 Å². The minimum Gasteiger partial charge on any atom is -0.406 e. The third kappa shape index (κ3) is 2.88. The van der Waals surface area contributed by atoms with Crippen LogP contribution in [0.5, 0.6) is 5.75 Å². The van der Waals surface area contributed by atoms with Crippen LogP contribution in [0.1, 0.15) is 5.56 Å². The predicted octanol–water partition coefficient (Wildman–Crippen LogP) is 2.22. The van der Waals surface area contributed by atoms with Gasteiger partial charge < -0.3 is 9.84 Å². The standard InChI is InChI=1S/C8H6F4O2/c9-7-2-1-6(3-5(7)4-13)14-8(10,11)12/h1-3,13H,4H2. The first-order chi connectivity index (χ1) is 6.42. The van der Waals surface area contributed by atoms with Crippen molar-refractivity contribution in [3.05, 3.63) is 29.6 Å². The van der Waals surface area contributed by atoms with Crippen molar-refractivity contribution in [2.75, 3.05) is 0 Å². The number of hydrogen-bond donors (Lipinski definition) is 1. The summed E-state index contributed by atoms with van der Waals surface area (Å²) in [7, 11) is 0. The highest BCUT2D eigenvalue weighted by Crippen LogP contribution is 2.24. The van der Waals surface area contributed by atoms with E-state index in [9.17, 15) is 17.6 Å². The molecule has 6 heteroatoms. The molecule has 0 atom stereocenters. The molecule has 2 nitrogen and oxygen atoms in total. The average molecular weight is 210 g/mol. The van der Waals surface area contributed by atoms with E-state index < -0.39 is 24.5 Å². The van der Waals surface area contributed by atoms with Crippen LogP contribution < -0.4 is 4.74 Å². The Morgan fingerprint density at radius 1 is 1.29 bits per heavy atom. The summed E-state index contributed by atoms with van der Waals surface area (Å²) in [6, 6.07) is 2.43. The van der Waals surface area contributed by atoms with Gasteiger partial charge in [-0.1, -0.05) is 0 Å². The second-order valence-corrected chi connectivity index (χ2v) is 2.46. The van der Waals surface area contributed by atoms with E-state index in [1.54, 1.807) is 0 Å². The lowest BCUT2D eigenvalue weighted by Gasteiger charge is -2.09. The smallest absolute Gasteiger partial charge is 0.406 e. The van der Waals surface area contributed by atoms with Gasteiger partial charge in [-0.25, -0.2) is 4.39 Å². The molecule has 0 heterocycles. The number of alkyl halides is 3. The summed E-state index contributed by atoms with van der Waals surface area (Å²) < 4.78 is 51.3. The molecule has 1 aromatic rings. The maximum Gasteiger partial charge on any atom is 0.573 e. The van der Waals surface area contributed by atoms with Gasteiger partial charge in [0.05, 0.1) is 6.61 Å². The van der Waals surface area contributed by atoms with Crippen molar-refractivity contribution in [2.24, 2.45) is 0 Å². The summed E-state index contributed by atoms with van der Waals surface area (Å²) in [6.45, 7) is -0.680. The molecule has 0 fully saturated rings. The molecule has 0 aliphatic heterocycles. The largest absolute Gasteiger partial charge is 0.573 e. The molecule has 1 rings (SSSR count). The molecule has 1 N–H and O–H groups in total. The Morgan fingerprint density at radius 2 is 1.93 bits per heavy atom. The number of aliphatic hydroxyl groups is 1. The van der Waals surface area contributed by atoms with E-state index in [4.69, 9.17) is 5.11 Å². The van der Waals surface area contributed by atoms with Gasteiger partial charge in [-0.15, -0.1) is 13.2 Å². The summed E-state index contributed by atoms with van der Waals surface area (Å²) in [5, 5.41) is 8.56. The number of benzene rings is 1. The summed E-state index contributed by atoms with van der Waals surface area (Å²) in [5.41, 5.74) is -0.244. The Kier molecular flexibility index (Phi) is 2.95. The number of hydrogen-bond acceptors (Lipinski definition) is 2. The van der Waals surface area contributed by atoms with Crippen molar-refractivity contribution in [3.8, 4) is 5.75 Å². The van der Waals surface area contributed by atoms with Crippen molar-refractivity contribution in [3.63, 3.8) is 0 Å². The normalized spacial score (nSPS) is 11.5. The summed E-state index contributed by atoms with van der Waals surface area (Å²) in [4.78, 5) is 0. The zero-order valence-corrected chi connectivity index (χ0v) is 6.81. The zero-order valence-electron chi connectivity index (χ0n) is 6.81. The van der Waals surface area contributed by atoms with Gasteiger partial charge in [-0.2, -0.15) is 0 Å². The van der Waals surface area contributed by atoms with E-state index in [2.05, 4.69) is 4.74 Å². The van der Waals surface area contributed by atoms with E-state index >= 15 is 0 Å². The molecule has 78 valence electrons. The maximum atomic E-state index is 12.7. The fourth-order valence-electron chi connectivity index (χ4n) is 0.869. The van der Waals surface area contributed by atoms with Crippen LogP contribution in [-0.4, -0.2) is 11.5 Å². The Balaban J connectivity index is 2.90. The topological polar surface area (TPSA) is 29.5 Å². The van der Waals surface area contributed by atoms with Gasteiger partial charge in [0, 0.05) is 5.56 Å². The van der Waals surface area contributed by atoms with Crippen molar-refractivity contribution in [1.29, 1.82) is 0 Å². The van der Waals surface area contributed by atoms with E-state index in [1.807, 2.05) is 0 Å². The Bertz CT molecular complexity index is 322. The lowest BCUT2D eigenvalue weighted by Crippen LogP contribution is -2.17. The lowest BCUT2D eigenvalue weighted by atomic mass is 10.2. The fraction of sp³-hybridized carbons (Fsp3) is 0.250. The molecule has 14 heavy (non-hydrogen) atoms. The zero-order chi connectivity index (χ0) is 10.8. The van der Waals surface area contributed by atoms with Crippen LogP contribution in [0.15, 0.2) is 18.2 Å². The summed E-state index contributed by atoms with van der Waals surface area (Å²) in [5.74, 6) is -1.33. The fourth-order valence-corrected chi connectivity index (χ4v) is 0.869. The van der Waals surface area contributed by atoms with E-state index in [0.29, 0.717) is 0 Å². The van der Waals surface area contributed by atoms with Gasteiger partial charge >= 0.3 is 6.36 Å². The van der Waals surface area contributed by atoms with Crippen LogP contribution in [0.4, 0.5) is 17.6 Å². The quantitative estimate of drug-likeness (QED) is 0.758. The summed E-state index contributed by atoms with van der Waals surface area (Å²) in [6.07, 6.45) is -4.81. The Morgan fingerprint density at radius 3 is 2.43 bits per heavy atom. The van der Waals surface area contributed by atoms with Crippen LogP contribution >= 0.6 is 0 Å². The molecule has 0 unspecified atom stereocenters. The summed E-state index contributed by atoms with van der Waals surface area (Å²) >= 11 is 0. The molecule has 1 aromatic carbocycles. The van der Waals surface area contributed by atoms with Crippen molar-refractivity contribution >= 4 is 0 Å². The van der Waals surface area contributed by atoms with Crippen molar-refractivity contribution in [1.82, 2.24) is 0 Å². The molecule has 0 aromatic heterocycles. The minimum absolute atomic E-state index is 0.244. The van der Waals surface area contributed by atoms with E-state index in [1.165, 1.54) is 0 Å². The van der Waals surface area contributed by atoms with Crippen LogP contribution in [-0.2, 0) is 6.61 Å². The van der Waals surface area contributed by atoms with Crippen molar-refractivity contribution < 1.29 is 27.4 Å². The number of ether oxygens (including phenoxy) is 1. The number of aliphatic hydroxyl groups excluding tert-OH is 1. The first-order valence-corrected chi connectivity index (χ1v) is 3.57. The maximum absolute atomic E-state index is 12.7. The van der Waals surface area contributed by atoms with Gasteiger partial charge in [0.25, 0.3) is 0 Å². The minimum atomic E-state index is -4.81. The molecule has 0 radical (unpaired) electrons. The average Bonchev–Trinajstić information content (AvgIpc) is 2.06. The third-order valence-corrected chi connectivity index (χ3v) is 1.42. The SMILES string of the molecule is OCc1cc(OC(F)(F)F)ccc1F. The molecule has 0 amide bonds. The first-order valence-electron chi connectivity index (χ1n) is 3.57. The number of rotatable bonds is 2. The van der Waals surface area contributed by atoms with Gasteiger partial charge in [0.1, 0.15) is 11.6 Å². The van der Waals surface area contributed by atoms with E-state index in [0.717, 1.165) is 18.2 Å². The van der Waals surface area contributed by atoms with E-state index in [-0.39, 0.29) is 5.56 Å². The molecule has 0 spiro atoms. The molecule has 0 saturated carbocycles. The molecular weight excluding hydrogens is 204 g/mol.